The van der Waals surface area contributed by atoms with Gasteiger partial charge in [-0.15, -0.1) is 0 Å². The van der Waals surface area contributed by atoms with Gasteiger partial charge in [0.1, 0.15) is 0 Å². The van der Waals surface area contributed by atoms with E-state index in [0.717, 1.165) is 0 Å². The third-order valence-corrected chi connectivity index (χ3v) is 3.34. The van der Waals surface area contributed by atoms with Crippen molar-refractivity contribution in [3.05, 3.63) is 16.7 Å². The molecule has 0 radical (unpaired) electrons. The highest BCUT2D eigenvalue weighted by molar-refractivity contribution is 5.70. The second kappa shape index (κ2) is 6.02. The van der Waals surface area contributed by atoms with E-state index in [1.54, 1.807) is 11.5 Å². The molecule has 110 valence electrons. The molecule has 8 nitrogen and oxygen atoms in total. The summed E-state index contributed by atoms with van der Waals surface area (Å²) in [5, 5.41) is 18.7. The Labute approximate surface area is 115 Å². The molecule has 0 aliphatic heterocycles. The Morgan fingerprint density at radius 1 is 1.55 bits per heavy atom. The monoisotopic (exact) mass is 281 g/mol. The van der Waals surface area contributed by atoms with Crippen LogP contribution in [0.25, 0.3) is 11.2 Å². The smallest absolute Gasteiger partial charge is 0.280 e. The summed E-state index contributed by atoms with van der Waals surface area (Å²) >= 11 is 0. The van der Waals surface area contributed by atoms with Crippen LogP contribution in [0.1, 0.15) is 19.8 Å². The number of nitrogen functional groups attached to an aromatic ring is 1. The molecule has 5 N–H and O–H groups in total. The molecule has 0 bridgehead atoms. The van der Waals surface area contributed by atoms with E-state index in [0.29, 0.717) is 25.0 Å². The molecule has 20 heavy (non-hydrogen) atoms. The SMILES string of the molecule is CC(O)C(CCCO)Cn1cnc2c(=O)[nH]c(N)nc21. The Kier molecular flexibility index (Phi) is 4.35. The van der Waals surface area contributed by atoms with E-state index in [1.165, 1.54) is 6.33 Å². The molecular formula is C12H19N5O3. The average Bonchev–Trinajstić information content (AvgIpc) is 2.77. The van der Waals surface area contributed by atoms with Gasteiger partial charge in [-0.25, -0.2) is 4.98 Å². The summed E-state index contributed by atoms with van der Waals surface area (Å²) < 4.78 is 1.70. The van der Waals surface area contributed by atoms with Crippen molar-refractivity contribution in [3.63, 3.8) is 0 Å². The van der Waals surface area contributed by atoms with Crippen molar-refractivity contribution in [2.24, 2.45) is 5.92 Å². The summed E-state index contributed by atoms with van der Waals surface area (Å²) in [5.74, 6) is -0.0185. The van der Waals surface area contributed by atoms with Crippen LogP contribution in [0.2, 0.25) is 0 Å². The number of hydrogen-bond acceptors (Lipinski definition) is 6. The summed E-state index contributed by atoms with van der Waals surface area (Å²) in [7, 11) is 0. The van der Waals surface area contributed by atoms with Crippen LogP contribution in [0, 0.1) is 5.92 Å². The molecule has 2 heterocycles. The number of aromatic amines is 1. The Hall–Kier alpha value is -1.93. The van der Waals surface area contributed by atoms with Crippen LogP contribution in [0.4, 0.5) is 5.95 Å². The Morgan fingerprint density at radius 2 is 2.30 bits per heavy atom. The molecule has 2 atom stereocenters. The Balaban J connectivity index is 2.30. The van der Waals surface area contributed by atoms with Gasteiger partial charge in [0, 0.05) is 19.1 Å². The lowest BCUT2D eigenvalue weighted by Crippen LogP contribution is -2.23. The van der Waals surface area contributed by atoms with E-state index in [4.69, 9.17) is 10.8 Å². The molecule has 8 heteroatoms. The summed E-state index contributed by atoms with van der Waals surface area (Å²) in [6, 6.07) is 0. The van der Waals surface area contributed by atoms with Gasteiger partial charge in [0.15, 0.2) is 11.2 Å². The molecule has 0 amide bonds. The number of H-pyrrole nitrogens is 1. The van der Waals surface area contributed by atoms with Crippen molar-refractivity contribution in [2.75, 3.05) is 12.3 Å². The second-order valence-corrected chi connectivity index (χ2v) is 4.89. The highest BCUT2D eigenvalue weighted by Crippen LogP contribution is 2.17. The summed E-state index contributed by atoms with van der Waals surface area (Å²) in [6.45, 7) is 2.25. The predicted molar refractivity (Wildman–Crippen MR) is 74.1 cm³/mol. The summed E-state index contributed by atoms with van der Waals surface area (Å²) in [6.07, 6.45) is 2.27. The first-order chi connectivity index (χ1) is 9.52. The number of imidazole rings is 1. The number of aromatic nitrogens is 4. The van der Waals surface area contributed by atoms with Crippen LogP contribution < -0.4 is 11.3 Å². The largest absolute Gasteiger partial charge is 0.396 e. The third kappa shape index (κ3) is 2.97. The lowest BCUT2D eigenvalue weighted by Gasteiger charge is -2.20. The van der Waals surface area contributed by atoms with Crippen molar-refractivity contribution in [2.45, 2.75) is 32.4 Å². The van der Waals surface area contributed by atoms with Crippen molar-refractivity contribution in [3.8, 4) is 0 Å². The minimum atomic E-state index is -0.529. The molecular weight excluding hydrogens is 262 g/mol. The van der Waals surface area contributed by atoms with Crippen LogP contribution in [-0.2, 0) is 6.54 Å². The minimum absolute atomic E-state index is 0.0354. The number of nitrogens with one attached hydrogen (secondary N) is 1. The maximum atomic E-state index is 11.7. The highest BCUT2D eigenvalue weighted by Gasteiger charge is 2.18. The summed E-state index contributed by atoms with van der Waals surface area (Å²) in [4.78, 5) is 22.2. The number of aliphatic hydroxyl groups is 2. The fraction of sp³-hybridized carbons (Fsp3) is 0.583. The van der Waals surface area contributed by atoms with Gasteiger partial charge >= 0.3 is 0 Å². The van der Waals surface area contributed by atoms with Gasteiger partial charge in [0.2, 0.25) is 5.95 Å². The number of aliphatic hydroxyl groups excluding tert-OH is 2. The zero-order valence-corrected chi connectivity index (χ0v) is 11.3. The maximum absolute atomic E-state index is 11.7. The van der Waals surface area contributed by atoms with Gasteiger partial charge in [-0.05, 0) is 19.8 Å². The van der Waals surface area contributed by atoms with Gasteiger partial charge in [0.25, 0.3) is 5.56 Å². The second-order valence-electron chi connectivity index (χ2n) is 4.89. The van der Waals surface area contributed by atoms with Crippen molar-refractivity contribution in [1.82, 2.24) is 19.5 Å². The normalized spacial score (nSPS) is 14.6. The molecule has 0 spiro atoms. The summed E-state index contributed by atoms with van der Waals surface area (Å²) in [5.41, 5.74) is 5.79. The zero-order chi connectivity index (χ0) is 14.7. The first-order valence-corrected chi connectivity index (χ1v) is 6.52. The lowest BCUT2D eigenvalue weighted by atomic mass is 9.98. The van der Waals surface area contributed by atoms with E-state index in [1.807, 2.05) is 0 Å². The molecule has 2 aromatic heterocycles. The van der Waals surface area contributed by atoms with Gasteiger partial charge in [-0.2, -0.15) is 4.98 Å². The van der Waals surface area contributed by atoms with Crippen LogP contribution in [0.5, 0.6) is 0 Å². The van der Waals surface area contributed by atoms with Crippen LogP contribution in [0.3, 0.4) is 0 Å². The molecule has 0 aromatic carbocycles. The van der Waals surface area contributed by atoms with Gasteiger partial charge in [0.05, 0.1) is 12.4 Å². The van der Waals surface area contributed by atoms with Crippen molar-refractivity contribution >= 4 is 17.1 Å². The number of nitrogens with two attached hydrogens (primary N) is 1. The first kappa shape index (κ1) is 14.5. The van der Waals surface area contributed by atoms with Gasteiger partial charge < -0.3 is 20.5 Å². The quantitative estimate of drug-likeness (QED) is 0.563. The topological polar surface area (TPSA) is 130 Å². The molecule has 0 fully saturated rings. The average molecular weight is 281 g/mol. The van der Waals surface area contributed by atoms with E-state index in [9.17, 15) is 9.90 Å². The molecule has 2 rings (SSSR count). The maximum Gasteiger partial charge on any atom is 0.280 e. The van der Waals surface area contributed by atoms with Crippen LogP contribution in [-0.4, -0.2) is 42.4 Å². The van der Waals surface area contributed by atoms with Crippen molar-refractivity contribution in [1.29, 1.82) is 0 Å². The molecule has 0 saturated carbocycles. The van der Waals surface area contributed by atoms with Crippen LogP contribution >= 0.6 is 0 Å². The third-order valence-electron chi connectivity index (χ3n) is 3.34. The number of rotatable bonds is 6. The minimum Gasteiger partial charge on any atom is -0.396 e. The van der Waals surface area contributed by atoms with E-state index in [2.05, 4.69) is 15.0 Å². The molecule has 0 aliphatic rings. The Morgan fingerprint density at radius 3 is 2.95 bits per heavy atom. The van der Waals surface area contributed by atoms with Gasteiger partial charge in [-0.3, -0.25) is 9.78 Å². The Bertz CT molecular complexity index is 634. The van der Waals surface area contributed by atoms with E-state index in [-0.39, 0.29) is 29.5 Å². The van der Waals surface area contributed by atoms with Crippen LogP contribution in [0.15, 0.2) is 11.1 Å². The standard InChI is InChI=1S/C12H19N5O3/c1-7(19)8(3-2-4-18)5-17-6-14-9-10(17)15-12(13)16-11(9)20/h6-8,18-19H,2-5H2,1H3,(H3,13,15,16,20). The van der Waals surface area contributed by atoms with E-state index < -0.39 is 6.10 Å². The number of fused-ring (bicyclic) bond motifs is 1. The zero-order valence-electron chi connectivity index (χ0n) is 11.3. The van der Waals surface area contributed by atoms with E-state index >= 15 is 0 Å². The number of nitrogens with zero attached hydrogens (tertiary/aromatic N) is 3. The number of anilines is 1. The molecule has 2 unspecified atom stereocenters. The molecule has 2 aromatic rings. The fourth-order valence-corrected chi connectivity index (χ4v) is 2.20. The number of hydrogen-bond donors (Lipinski definition) is 4. The predicted octanol–water partition coefficient (Wildman–Crippen LogP) is -0.529. The van der Waals surface area contributed by atoms with Crippen molar-refractivity contribution < 1.29 is 10.2 Å². The highest BCUT2D eigenvalue weighted by atomic mass is 16.3. The molecule has 0 saturated heterocycles. The first-order valence-electron chi connectivity index (χ1n) is 6.52. The lowest BCUT2D eigenvalue weighted by molar-refractivity contribution is 0.104. The fourth-order valence-electron chi connectivity index (χ4n) is 2.20. The van der Waals surface area contributed by atoms with Gasteiger partial charge in [-0.1, -0.05) is 0 Å². The molecule has 0 aliphatic carbocycles.